The fourth-order valence-electron chi connectivity index (χ4n) is 1.63. The van der Waals surface area contributed by atoms with Gasteiger partial charge in [0.2, 0.25) is 5.84 Å². The second-order valence-corrected chi connectivity index (χ2v) is 3.98. The molecule has 0 fully saturated rings. The Hall–Kier alpha value is -2.69. The summed E-state index contributed by atoms with van der Waals surface area (Å²) in [4.78, 5) is 28.8. The second kappa shape index (κ2) is 8.47. The van der Waals surface area contributed by atoms with Gasteiger partial charge in [0, 0.05) is 12.7 Å². The van der Waals surface area contributed by atoms with Crippen LogP contribution in [-0.2, 0) is 20.9 Å². The quantitative estimate of drug-likeness (QED) is 0.361. The van der Waals surface area contributed by atoms with E-state index in [0.717, 1.165) is 11.6 Å². The Bertz CT molecular complexity index is 550. The maximum absolute atomic E-state index is 12.1. The van der Waals surface area contributed by atoms with Crippen LogP contribution >= 0.6 is 0 Å². The van der Waals surface area contributed by atoms with Gasteiger partial charge >= 0.3 is 5.97 Å². The normalized spacial score (nSPS) is 10.6. The van der Waals surface area contributed by atoms with Crippen LogP contribution in [-0.4, -0.2) is 29.2 Å². The first kappa shape index (κ1) is 16.4. The minimum absolute atomic E-state index is 0.103. The van der Waals surface area contributed by atoms with Gasteiger partial charge in [0.15, 0.2) is 0 Å². The van der Waals surface area contributed by atoms with Crippen molar-refractivity contribution in [2.45, 2.75) is 13.5 Å². The van der Waals surface area contributed by atoms with E-state index in [0.29, 0.717) is 0 Å². The third-order valence-electron chi connectivity index (χ3n) is 2.62. The molecule has 0 aliphatic carbocycles. The topological polar surface area (TPSA) is 59.0 Å². The van der Waals surface area contributed by atoms with Crippen LogP contribution in [0, 0.1) is 0 Å². The van der Waals surface area contributed by atoms with Gasteiger partial charge in [-0.2, -0.15) is 0 Å². The van der Waals surface area contributed by atoms with Gasteiger partial charge < -0.3 is 4.74 Å². The van der Waals surface area contributed by atoms with Crippen LogP contribution in [0.25, 0.3) is 0 Å². The van der Waals surface area contributed by atoms with Crippen molar-refractivity contribution in [1.82, 2.24) is 4.90 Å². The monoisotopic (exact) mass is 286 g/mol. The van der Waals surface area contributed by atoms with Gasteiger partial charge in [-0.25, -0.2) is 9.79 Å². The van der Waals surface area contributed by atoms with Gasteiger partial charge in [-0.05, 0) is 18.6 Å². The zero-order valence-corrected chi connectivity index (χ0v) is 12.0. The number of amides is 1. The number of esters is 1. The number of likely N-dealkylation sites (N-methyl/N-ethyl adjacent to an activating group) is 1. The number of rotatable bonds is 5. The molecule has 21 heavy (non-hydrogen) atoms. The van der Waals surface area contributed by atoms with E-state index in [-0.39, 0.29) is 19.0 Å². The van der Waals surface area contributed by atoms with Crippen LogP contribution in [0.3, 0.4) is 0 Å². The van der Waals surface area contributed by atoms with Gasteiger partial charge in [-0.1, -0.05) is 43.5 Å². The summed E-state index contributed by atoms with van der Waals surface area (Å²) in [6.45, 7) is 8.95. The third-order valence-corrected chi connectivity index (χ3v) is 2.62. The summed E-state index contributed by atoms with van der Waals surface area (Å²) in [6, 6.07) is 9.24. The Morgan fingerprint density at radius 1 is 1.29 bits per heavy atom. The fourth-order valence-corrected chi connectivity index (χ4v) is 1.63. The highest BCUT2D eigenvalue weighted by molar-refractivity contribution is 6.38. The van der Waals surface area contributed by atoms with Crippen molar-refractivity contribution in [3.8, 4) is 0 Å². The Kier molecular flexibility index (Phi) is 6.60. The van der Waals surface area contributed by atoms with E-state index in [2.05, 4.69) is 18.2 Å². The lowest BCUT2D eigenvalue weighted by atomic mass is 10.2. The van der Waals surface area contributed by atoms with E-state index in [1.807, 2.05) is 30.3 Å². The Morgan fingerprint density at radius 2 is 1.95 bits per heavy atom. The standard InChI is InChI=1S/C16H18N2O3/c1-4-14(19)18(6-3)15(17-5-2)16(20)21-12-13-10-8-7-9-11-13/h4-5,7-11H,1-2,6,12H2,3H3/b17-15-. The largest absolute Gasteiger partial charge is 0.455 e. The lowest BCUT2D eigenvalue weighted by Gasteiger charge is -2.19. The molecule has 0 atom stereocenters. The van der Waals surface area contributed by atoms with Gasteiger partial charge in [0.1, 0.15) is 6.61 Å². The van der Waals surface area contributed by atoms with E-state index in [1.165, 1.54) is 11.1 Å². The van der Waals surface area contributed by atoms with Crippen LogP contribution in [0.2, 0.25) is 0 Å². The lowest BCUT2D eigenvalue weighted by Crippen LogP contribution is -2.41. The molecule has 0 aliphatic heterocycles. The first-order valence-electron chi connectivity index (χ1n) is 6.47. The van der Waals surface area contributed by atoms with Crippen LogP contribution in [0.15, 0.2) is 60.8 Å². The minimum atomic E-state index is -0.684. The van der Waals surface area contributed by atoms with Crippen molar-refractivity contribution in [3.63, 3.8) is 0 Å². The number of aliphatic imine (C=N–C) groups is 1. The lowest BCUT2D eigenvalue weighted by molar-refractivity contribution is -0.139. The zero-order chi connectivity index (χ0) is 15.7. The highest BCUT2D eigenvalue weighted by atomic mass is 16.5. The van der Waals surface area contributed by atoms with Gasteiger partial charge in [-0.15, -0.1) is 0 Å². The van der Waals surface area contributed by atoms with Crippen LogP contribution in [0.1, 0.15) is 12.5 Å². The molecule has 1 aromatic rings. The van der Waals surface area contributed by atoms with E-state index in [9.17, 15) is 9.59 Å². The molecule has 0 aliphatic rings. The average Bonchev–Trinajstić information content (AvgIpc) is 2.53. The van der Waals surface area contributed by atoms with Gasteiger partial charge in [0.25, 0.3) is 5.91 Å². The van der Waals surface area contributed by atoms with Gasteiger partial charge in [-0.3, -0.25) is 9.69 Å². The molecular formula is C16H18N2O3. The van der Waals surface area contributed by atoms with E-state index in [4.69, 9.17) is 4.74 Å². The molecule has 0 saturated heterocycles. The molecule has 0 saturated carbocycles. The molecule has 0 spiro atoms. The van der Waals surface area contributed by atoms with E-state index < -0.39 is 11.9 Å². The summed E-state index contributed by atoms with van der Waals surface area (Å²) in [5.74, 6) is -1.21. The number of nitrogens with zero attached hydrogens (tertiary/aromatic N) is 2. The van der Waals surface area contributed by atoms with Crippen molar-refractivity contribution in [1.29, 1.82) is 0 Å². The summed E-state index contributed by atoms with van der Waals surface area (Å²) < 4.78 is 5.17. The van der Waals surface area contributed by atoms with Crippen molar-refractivity contribution < 1.29 is 14.3 Å². The number of amidine groups is 1. The van der Waals surface area contributed by atoms with Crippen molar-refractivity contribution in [2.75, 3.05) is 6.54 Å². The van der Waals surface area contributed by atoms with Crippen molar-refractivity contribution in [3.05, 3.63) is 61.3 Å². The highest BCUT2D eigenvalue weighted by Gasteiger charge is 2.23. The summed E-state index contributed by atoms with van der Waals surface area (Å²) >= 11 is 0. The number of carbonyl (C=O) groups is 2. The number of hydrogen-bond acceptors (Lipinski definition) is 4. The Balaban J connectivity index is 2.83. The molecule has 0 unspecified atom stereocenters. The summed E-state index contributed by atoms with van der Waals surface area (Å²) in [5.41, 5.74) is 0.849. The van der Waals surface area contributed by atoms with Crippen molar-refractivity contribution >= 4 is 17.7 Å². The SMILES string of the molecule is C=C/N=C(/C(=O)OCc1ccccc1)N(CC)C(=O)C=C. The molecule has 1 rings (SSSR count). The summed E-state index contributed by atoms with van der Waals surface area (Å²) in [6.07, 6.45) is 2.31. The number of ether oxygens (including phenoxy) is 1. The molecule has 5 heteroatoms. The van der Waals surface area contributed by atoms with Crippen molar-refractivity contribution in [2.24, 2.45) is 4.99 Å². The van der Waals surface area contributed by atoms with Gasteiger partial charge in [0.05, 0.1) is 0 Å². The highest BCUT2D eigenvalue weighted by Crippen LogP contribution is 2.04. The maximum atomic E-state index is 12.1. The van der Waals surface area contributed by atoms with E-state index in [1.54, 1.807) is 6.92 Å². The van der Waals surface area contributed by atoms with Crippen LogP contribution in [0.4, 0.5) is 0 Å². The predicted molar refractivity (Wildman–Crippen MR) is 81.5 cm³/mol. The number of benzene rings is 1. The molecule has 0 bridgehead atoms. The number of hydrogen-bond donors (Lipinski definition) is 0. The molecule has 0 heterocycles. The molecule has 110 valence electrons. The average molecular weight is 286 g/mol. The molecule has 0 aromatic heterocycles. The molecular weight excluding hydrogens is 268 g/mol. The smallest absolute Gasteiger partial charge is 0.374 e. The van der Waals surface area contributed by atoms with Crippen LogP contribution < -0.4 is 0 Å². The minimum Gasteiger partial charge on any atom is -0.455 e. The maximum Gasteiger partial charge on any atom is 0.374 e. The summed E-state index contributed by atoms with van der Waals surface area (Å²) in [7, 11) is 0. The Labute approximate surface area is 124 Å². The molecule has 0 radical (unpaired) electrons. The molecule has 1 aromatic carbocycles. The van der Waals surface area contributed by atoms with Crippen LogP contribution in [0.5, 0.6) is 0 Å². The van der Waals surface area contributed by atoms with E-state index >= 15 is 0 Å². The zero-order valence-electron chi connectivity index (χ0n) is 12.0. The summed E-state index contributed by atoms with van der Waals surface area (Å²) in [5, 5.41) is 0. The Morgan fingerprint density at radius 3 is 2.48 bits per heavy atom. The predicted octanol–water partition coefficient (Wildman–Crippen LogP) is 2.31. The third kappa shape index (κ3) is 4.72. The molecule has 1 amide bonds. The number of carbonyl (C=O) groups excluding carboxylic acids is 2. The first-order chi connectivity index (χ1) is 10.1. The first-order valence-corrected chi connectivity index (χ1v) is 6.47. The fraction of sp³-hybridized carbons (Fsp3) is 0.188. The molecule has 5 nitrogen and oxygen atoms in total. The molecule has 0 N–H and O–H groups in total. The second-order valence-electron chi connectivity index (χ2n) is 3.98.